The van der Waals surface area contributed by atoms with Crippen LogP contribution in [0.15, 0.2) is 66.7 Å². The minimum Gasteiger partial charge on any atom is -0.286 e. The van der Waals surface area contributed by atoms with Gasteiger partial charge in [0.1, 0.15) is 6.67 Å². The van der Waals surface area contributed by atoms with Gasteiger partial charge in [-0.2, -0.15) is 13.2 Å². The van der Waals surface area contributed by atoms with Gasteiger partial charge in [-0.25, -0.2) is 0 Å². The van der Waals surface area contributed by atoms with Crippen LogP contribution in [0.2, 0.25) is 10.0 Å². The second-order valence-electron chi connectivity index (χ2n) is 9.34. The maximum atomic E-state index is 13.8. The van der Waals surface area contributed by atoms with E-state index < -0.39 is 54.2 Å². The predicted octanol–water partition coefficient (Wildman–Crippen LogP) is 5.74. The van der Waals surface area contributed by atoms with Crippen molar-refractivity contribution < 1.29 is 27.6 Å². The Morgan fingerprint density at radius 1 is 0.784 bits per heavy atom. The van der Waals surface area contributed by atoms with Crippen molar-refractivity contribution >= 4 is 46.6 Å². The number of carbonyl (C=O) groups is 3. The first kappa shape index (κ1) is 24.0. The average molecular weight is 545 g/mol. The second-order valence-corrected chi connectivity index (χ2v) is 10.2. The summed E-state index contributed by atoms with van der Waals surface area (Å²) in [6.45, 7) is -0.896. The zero-order chi connectivity index (χ0) is 26.2. The Morgan fingerprint density at radius 2 is 1.24 bits per heavy atom. The Hall–Kier alpha value is -3.36. The molecule has 0 unspecified atom stereocenters. The van der Waals surface area contributed by atoms with Crippen LogP contribution in [0.1, 0.15) is 34.1 Å². The van der Waals surface area contributed by atoms with Crippen LogP contribution in [0.25, 0.3) is 0 Å². The van der Waals surface area contributed by atoms with Crippen molar-refractivity contribution in [3.63, 3.8) is 0 Å². The van der Waals surface area contributed by atoms with Crippen LogP contribution < -0.4 is 4.90 Å². The number of imide groups is 1. The van der Waals surface area contributed by atoms with Gasteiger partial charge in [0.2, 0.25) is 11.8 Å². The molecule has 3 aromatic carbocycles. The van der Waals surface area contributed by atoms with Crippen LogP contribution in [0, 0.1) is 11.8 Å². The predicted molar refractivity (Wildman–Crippen MR) is 130 cm³/mol. The van der Waals surface area contributed by atoms with Crippen molar-refractivity contribution in [2.24, 2.45) is 11.8 Å². The summed E-state index contributed by atoms with van der Waals surface area (Å²) >= 11 is 11.9. The van der Waals surface area contributed by atoms with E-state index in [9.17, 15) is 27.6 Å². The number of hydrogen-bond acceptors (Lipinski definition) is 3. The summed E-state index contributed by atoms with van der Waals surface area (Å²) in [5.74, 6) is -5.82. The van der Waals surface area contributed by atoms with E-state index >= 15 is 0 Å². The Balaban J connectivity index is 1.43. The first-order valence-electron chi connectivity index (χ1n) is 11.5. The first-order chi connectivity index (χ1) is 17.6. The van der Waals surface area contributed by atoms with Crippen molar-refractivity contribution in [3.8, 4) is 0 Å². The van der Waals surface area contributed by atoms with Crippen molar-refractivity contribution in [1.82, 2.24) is 4.90 Å². The third-order valence-corrected chi connectivity index (χ3v) is 8.26. The molecule has 0 aromatic heterocycles. The number of benzene rings is 3. The Kier molecular flexibility index (Phi) is 5.40. The van der Waals surface area contributed by atoms with Gasteiger partial charge < -0.3 is 0 Å². The van der Waals surface area contributed by atoms with E-state index in [1.54, 1.807) is 0 Å². The molecule has 0 N–H and O–H groups in total. The summed E-state index contributed by atoms with van der Waals surface area (Å²) in [5.41, 5.74) is 3.50. The van der Waals surface area contributed by atoms with Gasteiger partial charge >= 0.3 is 12.1 Å². The molecule has 3 aliphatic carbocycles. The second kappa shape index (κ2) is 8.33. The van der Waals surface area contributed by atoms with Crippen molar-refractivity contribution in [3.05, 3.63) is 99.0 Å². The fourth-order valence-corrected chi connectivity index (χ4v) is 6.38. The summed E-state index contributed by atoms with van der Waals surface area (Å²) in [6.07, 6.45) is -5.25. The highest BCUT2D eigenvalue weighted by Crippen LogP contribution is 2.61. The van der Waals surface area contributed by atoms with Crippen LogP contribution in [0.3, 0.4) is 0 Å². The highest BCUT2D eigenvalue weighted by molar-refractivity contribution is 6.42. The monoisotopic (exact) mass is 544 g/mol. The van der Waals surface area contributed by atoms with Gasteiger partial charge in [-0.3, -0.25) is 24.2 Å². The zero-order valence-corrected chi connectivity index (χ0v) is 20.4. The SMILES string of the molecule is O=C1[C@@H]2C3c4ccccc4C(c4ccccc43)[C@@H]2C(=O)N1CN(C(=O)C(F)(F)F)c1ccc(Cl)c(Cl)c1. The number of carbonyl (C=O) groups excluding carboxylic acids is 3. The van der Waals surface area contributed by atoms with Crippen LogP contribution in [0.5, 0.6) is 0 Å². The number of nitrogens with zero attached hydrogens (tertiary/aromatic N) is 2. The standard InChI is InChI=1S/C27H17Cl2F3N2O3/c28-18-10-9-13(11-19(18)29)33(26(37)27(30,31)32)12-34-24(35)22-20-14-5-1-2-6-15(14)21(23(22)25(34)36)17-8-4-3-7-16(17)20/h1-11,20-23H,12H2/t20?,21?,22-,23+. The molecule has 188 valence electrons. The minimum absolute atomic E-state index is 0.0733. The van der Waals surface area contributed by atoms with Gasteiger partial charge in [-0.1, -0.05) is 71.7 Å². The molecule has 1 heterocycles. The smallest absolute Gasteiger partial charge is 0.286 e. The number of halogens is 5. The van der Waals surface area contributed by atoms with Crippen molar-refractivity contribution in [2.75, 3.05) is 11.6 Å². The quantitative estimate of drug-likeness (QED) is 0.395. The van der Waals surface area contributed by atoms with Crippen molar-refractivity contribution in [1.29, 1.82) is 0 Å². The number of rotatable bonds is 3. The highest BCUT2D eigenvalue weighted by Gasteiger charge is 2.62. The van der Waals surface area contributed by atoms with E-state index in [4.69, 9.17) is 23.2 Å². The molecule has 2 atom stereocenters. The Morgan fingerprint density at radius 3 is 1.65 bits per heavy atom. The van der Waals surface area contributed by atoms with Gasteiger partial charge in [-0.15, -0.1) is 0 Å². The van der Waals surface area contributed by atoms with Gasteiger partial charge in [0.05, 0.1) is 21.9 Å². The molecule has 0 spiro atoms. The number of amides is 3. The minimum atomic E-state index is -5.25. The summed E-state index contributed by atoms with van der Waals surface area (Å²) in [7, 11) is 0. The van der Waals surface area contributed by atoms with E-state index in [0.29, 0.717) is 4.90 Å². The lowest BCUT2D eigenvalue weighted by atomic mass is 9.55. The van der Waals surface area contributed by atoms with Gasteiger partial charge in [0.15, 0.2) is 0 Å². The highest BCUT2D eigenvalue weighted by atomic mass is 35.5. The fraction of sp³-hybridized carbons (Fsp3) is 0.222. The molecule has 0 saturated carbocycles. The Bertz CT molecular complexity index is 1380. The van der Waals surface area contributed by atoms with Gasteiger partial charge in [-0.05, 0) is 40.5 Å². The number of hydrogen-bond donors (Lipinski definition) is 0. The third kappa shape index (κ3) is 3.49. The third-order valence-electron chi connectivity index (χ3n) is 7.53. The molecule has 1 fully saturated rings. The lowest BCUT2D eigenvalue weighted by Gasteiger charge is -2.45. The molecule has 2 bridgehead atoms. The summed E-state index contributed by atoms with van der Waals surface area (Å²) in [4.78, 5) is 41.1. The Labute approximate surface area is 219 Å². The number of likely N-dealkylation sites (tertiary alicyclic amines) is 1. The molecule has 0 radical (unpaired) electrons. The molecule has 10 heteroatoms. The molecule has 7 rings (SSSR count). The van der Waals surface area contributed by atoms with E-state index in [2.05, 4.69) is 0 Å². The molecule has 5 nitrogen and oxygen atoms in total. The average Bonchev–Trinajstić information content (AvgIpc) is 3.13. The normalized spacial score (nSPS) is 23.5. The lowest BCUT2D eigenvalue weighted by molar-refractivity contribution is -0.171. The van der Waals surface area contributed by atoms with E-state index in [1.807, 2.05) is 48.5 Å². The molecule has 3 aromatic rings. The van der Waals surface area contributed by atoms with Gasteiger partial charge in [0.25, 0.3) is 0 Å². The topological polar surface area (TPSA) is 57.7 Å². The van der Waals surface area contributed by atoms with Gasteiger partial charge in [0, 0.05) is 17.5 Å². The molecule has 37 heavy (non-hydrogen) atoms. The summed E-state index contributed by atoms with van der Waals surface area (Å²) in [6, 6.07) is 18.7. The fourth-order valence-electron chi connectivity index (χ4n) is 6.09. The molecular weight excluding hydrogens is 528 g/mol. The number of alkyl halides is 3. The van der Waals surface area contributed by atoms with Crippen LogP contribution in [0.4, 0.5) is 18.9 Å². The maximum absolute atomic E-state index is 13.8. The van der Waals surface area contributed by atoms with Crippen LogP contribution in [-0.4, -0.2) is 35.5 Å². The van der Waals surface area contributed by atoms with E-state index in [0.717, 1.165) is 33.2 Å². The summed E-state index contributed by atoms with van der Waals surface area (Å²) in [5, 5.41) is 0.00658. The lowest BCUT2D eigenvalue weighted by Crippen LogP contribution is -2.49. The molecule has 3 amide bonds. The number of anilines is 1. The molecule has 4 aliphatic rings. The molecule has 1 saturated heterocycles. The maximum Gasteiger partial charge on any atom is 0.471 e. The first-order valence-corrected chi connectivity index (χ1v) is 12.2. The van der Waals surface area contributed by atoms with E-state index in [1.165, 1.54) is 12.1 Å². The zero-order valence-electron chi connectivity index (χ0n) is 18.9. The summed E-state index contributed by atoms with van der Waals surface area (Å²) < 4.78 is 40.7. The van der Waals surface area contributed by atoms with Crippen LogP contribution >= 0.6 is 23.2 Å². The van der Waals surface area contributed by atoms with E-state index in [-0.39, 0.29) is 15.7 Å². The largest absolute Gasteiger partial charge is 0.471 e. The molecule has 1 aliphatic heterocycles. The van der Waals surface area contributed by atoms with Crippen LogP contribution in [-0.2, 0) is 14.4 Å². The van der Waals surface area contributed by atoms with Crippen molar-refractivity contribution in [2.45, 2.75) is 18.0 Å². The molecular formula is C27H17Cl2F3N2O3.